The normalized spacial score (nSPS) is 14.9. The number of amides is 1. The molecule has 0 bridgehead atoms. The fourth-order valence-electron chi connectivity index (χ4n) is 3.66. The first-order valence-corrected chi connectivity index (χ1v) is 9.69. The van der Waals surface area contributed by atoms with Crippen molar-refractivity contribution in [3.63, 3.8) is 0 Å². The SMILES string of the molecule is CCc1oc(C(=O)N2CCC(c3nc(-c4ccccc4)n[nH]3)CC2)cc1C(=O)O. The zero-order chi connectivity index (χ0) is 20.4. The molecule has 0 spiro atoms. The van der Waals surface area contributed by atoms with Crippen molar-refractivity contribution >= 4 is 11.9 Å². The number of nitrogens with one attached hydrogen (secondary N) is 1. The van der Waals surface area contributed by atoms with Crippen molar-refractivity contribution < 1.29 is 19.1 Å². The third-order valence-corrected chi connectivity index (χ3v) is 5.27. The summed E-state index contributed by atoms with van der Waals surface area (Å²) < 4.78 is 5.50. The molecule has 150 valence electrons. The van der Waals surface area contributed by atoms with Crippen LogP contribution in [0.1, 0.15) is 58.2 Å². The van der Waals surface area contributed by atoms with E-state index in [-0.39, 0.29) is 23.1 Å². The van der Waals surface area contributed by atoms with Gasteiger partial charge in [-0.3, -0.25) is 9.89 Å². The van der Waals surface area contributed by atoms with Crippen LogP contribution in [-0.4, -0.2) is 50.2 Å². The molecule has 0 saturated carbocycles. The molecule has 8 nitrogen and oxygen atoms in total. The predicted octanol–water partition coefficient (Wildman–Crippen LogP) is 3.35. The minimum Gasteiger partial charge on any atom is -0.478 e. The lowest BCUT2D eigenvalue weighted by Crippen LogP contribution is -2.38. The van der Waals surface area contributed by atoms with E-state index in [9.17, 15) is 14.7 Å². The van der Waals surface area contributed by atoms with E-state index in [4.69, 9.17) is 4.42 Å². The Labute approximate surface area is 167 Å². The third kappa shape index (κ3) is 3.78. The van der Waals surface area contributed by atoms with Crippen molar-refractivity contribution in [3.8, 4) is 11.4 Å². The van der Waals surface area contributed by atoms with Gasteiger partial charge in [0.2, 0.25) is 0 Å². The molecule has 1 saturated heterocycles. The van der Waals surface area contributed by atoms with E-state index in [1.807, 2.05) is 30.3 Å². The maximum absolute atomic E-state index is 12.7. The highest BCUT2D eigenvalue weighted by molar-refractivity contribution is 5.96. The van der Waals surface area contributed by atoms with Gasteiger partial charge in [-0.05, 0) is 12.8 Å². The number of benzene rings is 1. The summed E-state index contributed by atoms with van der Waals surface area (Å²) in [4.78, 5) is 30.4. The van der Waals surface area contributed by atoms with Crippen LogP contribution in [0.15, 0.2) is 40.8 Å². The molecule has 0 radical (unpaired) electrons. The number of rotatable bonds is 5. The van der Waals surface area contributed by atoms with Crippen molar-refractivity contribution in [1.29, 1.82) is 0 Å². The maximum Gasteiger partial charge on any atom is 0.339 e. The second-order valence-corrected chi connectivity index (χ2v) is 7.08. The zero-order valence-corrected chi connectivity index (χ0v) is 16.1. The molecule has 1 fully saturated rings. The van der Waals surface area contributed by atoms with E-state index < -0.39 is 5.97 Å². The highest BCUT2D eigenvalue weighted by Crippen LogP contribution is 2.28. The first-order chi connectivity index (χ1) is 14.1. The summed E-state index contributed by atoms with van der Waals surface area (Å²) in [6.07, 6.45) is 1.93. The first-order valence-electron chi connectivity index (χ1n) is 9.69. The van der Waals surface area contributed by atoms with E-state index in [1.54, 1.807) is 11.8 Å². The number of H-pyrrole nitrogens is 1. The lowest BCUT2D eigenvalue weighted by atomic mass is 9.96. The van der Waals surface area contributed by atoms with E-state index in [0.717, 1.165) is 24.2 Å². The summed E-state index contributed by atoms with van der Waals surface area (Å²) in [5.41, 5.74) is 1.02. The van der Waals surface area contributed by atoms with Crippen molar-refractivity contribution in [3.05, 3.63) is 59.3 Å². The number of aromatic carboxylic acids is 1. The van der Waals surface area contributed by atoms with Crippen LogP contribution in [0.4, 0.5) is 0 Å². The number of aryl methyl sites for hydroxylation is 1. The summed E-state index contributed by atoms with van der Waals surface area (Å²) in [5, 5.41) is 16.6. The van der Waals surface area contributed by atoms with Crippen molar-refractivity contribution in [2.45, 2.75) is 32.1 Å². The number of carboxylic acid groups (broad SMARTS) is 1. The average molecular weight is 394 g/mol. The fraction of sp³-hybridized carbons (Fsp3) is 0.333. The Balaban J connectivity index is 1.41. The Kier molecular flexibility index (Phi) is 5.16. The minimum absolute atomic E-state index is 0.0563. The molecule has 29 heavy (non-hydrogen) atoms. The van der Waals surface area contributed by atoms with Crippen LogP contribution in [0.3, 0.4) is 0 Å². The van der Waals surface area contributed by atoms with Crippen molar-refractivity contribution in [1.82, 2.24) is 20.1 Å². The summed E-state index contributed by atoms with van der Waals surface area (Å²) in [6.45, 7) is 2.90. The van der Waals surface area contributed by atoms with Gasteiger partial charge in [0.05, 0.1) is 0 Å². The van der Waals surface area contributed by atoms with E-state index in [2.05, 4.69) is 15.2 Å². The summed E-state index contributed by atoms with van der Waals surface area (Å²) in [7, 11) is 0. The molecular weight excluding hydrogens is 372 g/mol. The van der Waals surface area contributed by atoms with E-state index in [1.165, 1.54) is 6.07 Å². The molecule has 4 rings (SSSR count). The van der Waals surface area contributed by atoms with Crippen LogP contribution in [-0.2, 0) is 6.42 Å². The molecule has 1 amide bonds. The average Bonchev–Trinajstić information content (AvgIpc) is 3.42. The van der Waals surface area contributed by atoms with E-state index >= 15 is 0 Å². The minimum atomic E-state index is -1.08. The Hall–Kier alpha value is -3.42. The number of piperidine rings is 1. The number of hydrogen-bond acceptors (Lipinski definition) is 5. The second-order valence-electron chi connectivity index (χ2n) is 7.08. The molecule has 2 N–H and O–H groups in total. The lowest BCUT2D eigenvalue weighted by molar-refractivity contribution is 0.0672. The standard InChI is InChI=1S/C21H22N4O4/c1-2-16-15(21(27)28)12-17(29-16)20(26)25-10-8-14(9-11-25)19-22-18(23-24-19)13-6-4-3-5-7-13/h3-7,12,14H,2,8-11H2,1H3,(H,27,28)(H,22,23,24). The van der Waals surface area contributed by atoms with Gasteiger partial charge in [-0.2, -0.15) is 5.10 Å². The predicted molar refractivity (Wildman–Crippen MR) is 105 cm³/mol. The van der Waals surface area contributed by atoms with Crippen LogP contribution in [0.2, 0.25) is 0 Å². The summed E-state index contributed by atoms with van der Waals surface area (Å²) in [6, 6.07) is 11.1. The maximum atomic E-state index is 12.7. The first kappa shape index (κ1) is 18.9. The summed E-state index contributed by atoms with van der Waals surface area (Å²) in [5.74, 6) is 0.755. The number of likely N-dealkylation sites (tertiary alicyclic amines) is 1. The van der Waals surface area contributed by atoms with Crippen molar-refractivity contribution in [2.24, 2.45) is 0 Å². The highest BCUT2D eigenvalue weighted by Gasteiger charge is 2.29. The van der Waals surface area contributed by atoms with Crippen LogP contribution >= 0.6 is 0 Å². The Morgan fingerprint density at radius 1 is 1.24 bits per heavy atom. The molecule has 0 unspecified atom stereocenters. The van der Waals surface area contributed by atoms with Crippen molar-refractivity contribution in [2.75, 3.05) is 13.1 Å². The molecule has 0 atom stereocenters. The zero-order valence-electron chi connectivity index (χ0n) is 16.1. The smallest absolute Gasteiger partial charge is 0.339 e. The lowest BCUT2D eigenvalue weighted by Gasteiger charge is -2.30. The monoisotopic (exact) mass is 394 g/mol. The largest absolute Gasteiger partial charge is 0.478 e. The summed E-state index contributed by atoms with van der Waals surface area (Å²) >= 11 is 0. The molecule has 8 heteroatoms. The molecular formula is C21H22N4O4. The number of carbonyl (C=O) groups excluding carboxylic acids is 1. The van der Waals surface area contributed by atoms with Gasteiger partial charge in [-0.1, -0.05) is 37.3 Å². The molecule has 1 aromatic carbocycles. The Morgan fingerprint density at radius 2 is 1.97 bits per heavy atom. The van der Waals surface area contributed by atoms with Gasteiger partial charge in [0, 0.05) is 37.1 Å². The molecule has 2 aromatic heterocycles. The fourth-order valence-corrected chi connectivity index (χ4v) is 3.66. The van der Waals surface area contributed by atoms with Gasteiger partial charge >= 0.3 is 5.97 Å². The van der Waals surface area contributed by atoms with Gasteiger partial charge in [-0.15, -0.1) is 0 Å². The third-order valence-electron chi connectivity index (χ3n) is 5.27. The van der Waals surface area contributed by atoms with E-state index in [0.29, 0.717) is 31.1 Å². The van der Waals surface area contributed by atoms with Crippen LogP contribution in [0.5, 0.6) is 0 Å². The van der Waals surface area contributed by atoms with Gasteiger partial charge in [-0.25, -0.2) is 9.78 Å². The molecule has 0 aliphatic carbocycles. The van der Waals surface area contributed by atoms with Gasteiger partial charge in [0.1, 0.15) is 17.1 Å². The topological polar surface area (TPSA) is 112 Å². The highest BCUT2D eigenvalue weighted by atomic mass is 16.4. The van der Waals surface area contributed by atoms with Crippen LogP contribution < -0.4 is 0 Å². The Morgan fingerprint density at radius 3 is 2.59 bits per heavy atom. The number of hydrogen-bond donors (Lipinski definition) is 2. The number of aromatic nitrogens is 3. The van der Waals surface area contributed by atoms with Gasteiger partial charge in [0.15, 0.2) is 11.6 Å². The van der Waals surface area contributed by atoms with Crippen LogP contribution in [0.25, 0.3) is 11.4 Å². The van der Waals surface area contributed by atoms with Crippen LogP contribution in [0, 0.1) is 0 Å². The number of nitrogens with zero attached hydrogens (tertiary/aromatic N) is 3. The number of furan rings is 1. The molecule has 3 heterocycles. The second kappa shape index (κ2) is 7.90. The number of carbonyl (C=O) groups is 2. The van der Waals surface area contributed by atoms with Gasteiger partial charge < -0.3 is 14.4 Å². The molecule has 3 aromatic rings. The molecule has 1 aliphatic rings. The molecule has 1 aliphatic heterocycles. The quantitative estimate of drug-likeness (QED) is 0.686. The van der Waals surface area contributed by atoms with Gasteiger partial charge in [0.25, 0.3) is 5.91 Å². The Bertz CT molecular complexity index is 1020. The number of carboxylic acids is 1. The number of aromatic amines is 1.